The number of benzene rings is 1. The highest BCUT2D eigenvalue weighted by molar-refractivity contribution is 6.12. The van der Waals surface area contributed by atoms with Crippen LogP contribution in [-0.4, -0.2) is 52.5 Å². The lowest BCUT2D eigenvalue weighted by Gasteiger charge is -2.23. The maximum absolute atomic E-state index is 13.3. The summed E-state index contributed by atoms with van der Waals surface area (Å²) in [5, 5.41) is 2.59. The largest absolute Gasteiger partial charge is 0.493 e. The van der Waals surface area contributed by atoms with E-state index in [1.807, 2.05) is 0 Å². The molecule has 0 radical (unpaired) electrons. The Morgan fingerprint density at radius 1 is 1.12 bits per heavy atom. The van der Waals surface area contributed by atoms with Gasteiger partial charge in [0, 0.05) is 13.6 Å². The van der Waals surface area contributed by atoms with Gasteiger partial charge in [0.15, 0.2) is 17.3 Å². The van der Waals surface area contributed by atoms with E-state index in [2.05, 4.69) is 5.32 Å². The second-order valence-corrected chi connectivity index (χ2v) is 8.00. The predicted octanol–water partition coefficient (Wildman–Crippen LogP) is 0.206. The van der Waals surface area contributed by atoms with E-state index >= 15 is 0 Å². The Balaban J connectivity index is 1.97. The Labute approximate surface area is 194 Å². The second-order valence-electron chi connectivity index (χ2n) is 8.00. The second kappa shape index (κ2) is 9.04. The van der Waals surface area contributed by atoms with Gasteiger partial charge in [-0.15, -0.1) is 0 Å². The first-order valence-corrected chi connectivity index (χ1v) is 10.5. The molecule has 1 aromatic heterocycles. The maximum Gasteiger partial charge on any atom is 0.332 e. The van der Waals surface area contributed by atoms with Gasteiger partial charge in [-0.1, -0.05) is 13.0 Å². The van der Waals surface area contributed by atoms with E-state index in [0.717, 1.165) is 9.13 Å². The predicted molar refractivity (Wildman–Crippen MR) is 122 cm³/mol. The summed E-state index contributed by atoms with van der Waals surface area (Å²) >= 11 is 0. The number of hydrogen-bond acceptors (Lipinski definition) is 8. The number of nitrogens with zero attached hydrogens (tertiary/aromatic N) is 3. The van der Waals surface area contributed by atoms with Gasteiger partial charge in [0.25, 0.3) is 11.5 Å². The quantitative estimate of drug-likeness (QED) is 0.407. The molecule has 2 heterocycles. The summed E-state index contributed by atoms with van der Waals surface area (Å²) in [5.74, 6) is -1.06. The number of nitrogens with two attached hydrogens (primary N) is 1. The Morgan fingerprint density at radius 3 is 2.35 bits per heavy atom. The molecule has 0 saturated carbocycles. The Hall–Kier alpha value is -4.09. The third-order valence-corrected chi connectivity index (χ3v) is 5.85. The van der Waals surface area contributed by atoms with Crippen LogP contribution in [0, 0.1) is 0 Å². The highest BCUT2D eigenvalue weighted by Crippen LogP contribution is 2.35. The molecule has 12 nitrogen and oxygen atoms in total. The molecule has 1 atom stereocenters. The number of carbonyl (C=O) groups is 3. The first-order chi connectivity index (χ1) is 16.0. The van der Waals surface area contributed by atoms with Crippen molar-refractivity contribution >= 4 is 23.5 Å². The topological polar surface area (TPSA) is 155 Å². The van der Waals surface area contributed by atoms with Crippen molar-refractivity contribution < 1.29 is 23.9 Å². The first-order valence-electron chi connectivity index (χ1n) is 10.5. The van der Waals surface area contributed by atoms with Crippen LogP contribution in [0.1, 0.15) is 36.2 Å². The molecule has 1 fully saturated rings. The molecule has 1 aliphatic rings. The van der Waals surface area contributed by atoms with E-state index in [1.165, 1.54) is 28.2 Å². The van der Waals surface area contributed by atoms with Gasteiger partial charge in [-0.2, -0.15) is 0 Å². The molecular formula is C22H27N5O7. The number of imide groups is 1. The minimum Gasteiger partial charge on any atom is -0.493 e. The molecule has 1 unspecified atom stereocenters. The molecule has 12 heteroatoms. The molecule has 2 aromatic rings. The summed E-state index contributed by atoms with van der Waals surface area (Å²) in [6.07, 6.45) is 0.534. The van der Waals surface area contributed by atoms with Crippen molar-refractivity contribution in [2.75, 3.05) is 26.5 Å². The zero-order valence-corrected chi connectivity index (χ0v) is 19.6. The molecule has 1 aromatic carbocycles. The van der Waals surface area contributed by atoms with Crippen LogP contribution in [0.15, 0.2) is 27.8 Å². The van der Waals surface area contributed by atoms with Crippen LogP contribution in [0.4, 0.5) is 10.6 Å². The molecule has 3 rings (SSSR count). The van der Waals surface area contributed by atoms with Gasteiger partial charge in [-0.25, -0.2) is 9.59 Å². The zero-order valence-electron chi connectivity index (χ0n) is 19.6. The normalized spacial score (nSPS) is 17.6. The van der Waals surface area contributed by atoms with E-state index in [1.54, 1.807) is 25.1 Å². The lowest BCUT2D eigenvalue weighted by atomic mass is 9.91. The Bertz CT molecular complexity index is 1300. The Kier molecular flexibility index (Phi) is 6.53. The lowest BCUT2D eigenvalue weighted by Crippen LogP contribution is -2.45. The standard InChI is InChI=1S/C22H27N5O7/c1-6-9-26-17(23)16(18(29)25(3)21(26)32)13(28)11-27-19(30)22(2,24-20(27)31)12-7-8-14(33-4)15(10-12)34-5/h7-8,10H,6,9,11,23H2,1-5H3,(H,24,31). The van der Waals surface area contributed by atoms with Gasteiger partial charge in [0.05, 0.1) is 20.8 Å². The molecule has 0 aliphatic carbocycles. The van der Waals surface area contributed by atoms with Gasteiger partial charge in [0.2, 0.25) is 0 Å². The summed E-state index contributed by atoms with van der Waals surface area (Å²) in [6, 6.07) is 3.93. The number of hydrogen-bond donors (Lipinski definition) is 2. The zero-order chi connectivity index (χ0) is 25.4. The third kappa shape index (κ3) is 3.80. The van der Waals surface area contributed by atoms with Crippen molar-refractivity contribution in [1.29, 1.82) is 0 Å². The number of ketones is 1. The van der Waals surface area contributed by atoms with Crippen molar-refractivity contribution in [3.63, 3.8) is 0 Å². The van der Waals surface area contributed by atoms with Gasteiger partial charge >= 0.3 is 11.7 Å². The van der Waals surface area contributed by atoms with Gasteiger partial charge < -0.3 is 20.5 Å². The van der Waals surface area contributed by atoms with Crippen molar-refractivity contribution in [2.45, 2.75) is 32.4 Å². The smallest absolute Gasteiger partial charge is 0.332 e. The van der Waals surface area contributed by atoms with Crippen LogP contribution >= 0.6 is 0 Å². The van der Waals surface area contributed by atoms with Gasteiger partial charge in [0.1, 0.15) is 16.9 Å². The number of amides is 3. The molecular weight excluding hydrogens is 446 g/mol. The maximum atomic E-state index is 13.3. The fourth-order valence-electron chi connectivity index (χ4n) is 3.89. The molecule has 0 spiro atoms. The highest BCUT2D eigenvalue weighted by atomic mass is 16.5. The van der Waals surface area contributed by atoms with Crippen LogP contribution in [-0.2, 0) is 23.9 Å². The Morgan fingerprint density at radius 2 is 1.76 bits per heavy atom. The molecule has 0 bridgehead atoms. The summed E-state index contributed by atoms with van der Waals surface area (Å²) in [4.78, 5) is 64.7. The molecule has 3 N–H and O–H groups in total. The average molecular weight is 473 g/mol. The SMILES string of the molecule is CCCn1c(N)c(C(=O)CN2C(=O)NC(C)(c3ccc(OC)c(OC)c3)C2=O)c(=O)n(C)c1=O. The molecule has 182 valence electrons. The van der Waals surface area contributed by atoms with Crippen LogP contribution < -0.4 is 31.8 Å². The third-order valence-electron chi connectivity index (χ3n) is 5.85. The fourth-order valence-corrected chi connectivity index (χ4v) is 3.89. The van der Waals surface area contributed by atoms with E-state index in [9.17, 15) is 24.0 Å². The molecule has 1 aliphatic heterocycles. The summed E-state index contributed by atoms with van der Waals surface area (Å²) < 4.78 is 12.4. The number of carbonyl (C=O) groups excluding carboxylic acids is 3. The van der Waals surface area contributed by atoms with E-state index < -0.39 is 46.6 Å². The van der Waals surface area contributed by atoms with E-state index in [4.69, 9.17) is 15.2 Å². The number of nitrogens with one attached hydrogen (secondary N) is 1. The number of rotatable bonds is 8. The van der Waals surface area contributed by atoms with Crippen LogP contribution in [0.2, 0.25) is 0 Å². The highest BCUT2D eigenvalue weighted by Gasteiger charge is 2.50. The van der Waals surface area contributed by atoms with E-state index in [0.29, 0.717) is 28.4 Å². The van der Waals surface area contributed by atoms with Crippen molar-refractivity contribution in [3.8, 4) is 11.5 Å². The van der Waals surface area contributed by atoms with Gasteiger partial charge in [-0.3, -0.25) is 28.4 Å². The summed E-state index contributed by atoms with van der Waals surface area (Å²) in [6.45, 7) is 2.77. The molecule has 34 heavy (non-hydrogen) atoms. The number of ether oxygens (including phenoxy) is 2. The molecule has 1 saturated heterocycles. The number of nitrogen functional groups attached to an aromatic ring is 1. The van der Waals surface area contributed by atoms with Crippen molar-refractivity contribution in [1.82, 2.24) is 19.4 Å². The van der Waals surface area contributed by atoms with Crippen LogP contribution in [0.5, 0.6) is 11.5 Å². The monoisotopic (exact) mass is 473 g/mol. The number of urea groups is 1. The number of anilines is 1. The summed E-state index contributed by atoms with van der Waals surface area (Å²) in [5.41, 5.74) is 2.91. The van der Waals surface area contributed by atoms with E-state index in [-0.39, 0.29) is 12.4 Å². The molecule has 3 amide bonds. The minimum absolute atomic E-state index is 0.194. The lowest BCUT2D eigenvalue weighted by molar-refractivity contribution is -0.130. The minimum atomic E-state index is -1.49. The van der Waals surface area contributed by atoms with Crippen LogP contribution in [0.25, 0.3) is 0 Å². The fraction of sp³-hybridized carbons (Fsp3) is 0.409. The first kappa shape index (κ1) is 24.6. The number of aromatic nitrogens is 2. The average Bonchev–Trinajstić information content (AvgIpc) is 3.03. The number of methoxy groups -OCH3 is 2. The summed E-state index contributed by atoms with van der Waals surface area (Å²) in [7, 11) is 4.14. The number of Topliss-reactive ketones (excluding diaryl/α,β-unsaturated/α-hetero) is 1. The van der Waals surface area contributed by atoms with Crippen molar-refractivity contribution in [3.05, 3.63) is 50.2 Å². The van der Waals surface area contributed by atoms with Crippen LogP contribution in [0.3, 0.4) is 0 Å². The van der Waals surface area contributed by atoms with Crippen molar-refractivity contribution in [2.24, 2.45) is 7.05 Å². The van der Waals surface area contributed by atoms with Gasteiger partial charge in [-0.05, 0) is 31.0 Å².